The minimum absolute atomic E-state index is 0.146. The number of thiophene rings is 1. The lowest BCUT2D eigenvalue weighted by molar-refractivity contribution is -0.122. The van der Waals surface area contributed by atoms with Crippen molar-refractivity contribution in [3.8, 4) is 0 Å². The van der Waals surface area contributed by atoms with Gasteiger partial charge in [-0.05, 0) is 35.6 Å². The number of carbonyl (C=O) groups excluding carboxylic acids is 1. The predicted molar refractivity (Wildman–Crippen MR) is 81.7 cm³/mol. The molecule has 0 aromatic carbocycles. The van der Waals surface area contributed by atoms with Gasteiger partial charge in [-0.25, -0.2) is 16.3 Å². The van der Waals surface area contributed by atoms with Crippen LogP contribution in [-0.2, 0) is 4.79 Å². The Morgan fingerprint density at radius 3 is 3.00 bits per heavy atom. The van der Waals surface area contributed by atoms with E-state index in [1.54, 1.807) is 29.9 Å². The lowest BCUT2D eigenvalue weighted by Gasteiger charge is -2.06. The highest BCUT2D eigenvalue weighted by atomic mass is 32.1. The van der Waals surface area contributed by atoms with Crippen LogP contribution in [0.2, 0.25) is 0 Å². The monoisotopic (exact) mass is 301 g/mol. The largest absolute Gasteiger partial charge is 0.271 e. The number of nitrogens with one attached hydrogen (secondary N) is 3. The lowest BCUT2D eigenvalue weighted by Crippen LogP contribution is -2.41. The second kappa shape index (κ2) is 6.57. The summed E-state index contributed by atoms with van der Waals surface area (Å²) in [5, 5.41) is 5.99. The van der Waals surface area contributed by atoms with Crippen molar-refractivity contribution in [2.24, 2.45) is 5.10 Å². The number of rotatable bonds is 4. The molecular formula is C14H15N5OS. The molecule has 2 unspecified atom stereocenters. The molecule has 3 N–H and O–H groups in total. The molecular weight excluding hydrogens is 286 g/mol. The van der Waals surface area contributed by atoms with E-state index in [-0.39, 0.29) is 18.0 Å². The van der Waals surface area contributed by atoms with Crippen LogP contribution in [0.5, 0.6) is 0 Å². The zero-order chi connectivity index (χ0) is 14.5. The highest BCUT2D eigenvalue weighted by molar-refractivity contribution is 7.10. The second-order valence-corrected chi connectivity index (χ2v) is 5.64. The van der Waals surface area contributed by atoms with Gasteiger partial charge in [-0.1, -0.05) is 6.07 Å². The fourth-order valence-electron chi connectivity index (χ4n) is 2.10. The molecule has 2 atom stereocenters. The van der Waals surface area contributed by atoms with Gasteiger partial charge in [-0.2, -0.15) is 5.10 Å². The van der Waals surface area contributed by atoms with Gasteiger partial charge in [0.05, 0.1) is 12.3 Å². The molecule has 0 saturated carbocycles. The van der Waals surface area contributed by atoms with Crippen LogP contribution in [0.3, 0.4) is 0 Å². The molecule has 2 aromatic heterocycles. The number of hydrazine groups is 1. The minimum Gasteiger partial charge on any atom is -0.271 e. The van der Waals surface area contributed by atoms with E-state index in [2.05, 4.69) is 32.4 Å². The van der Waals surface area contributed by atoms with Gasteiger partial charge in [0.15, 0.2) is 0 Å². The average molecular weight is 301 g/mol. The van der Waals surface area contributed by atoms with E-state index in [0.29, 0.717) is 6.42 Å². The van der Waals surface area contributed by atoms with Gasteiger partial charge in [0.2, 0.25) is 0 Å². The molecule has 2 aromatic rings. The van der Waals surface area contributed by atoms with Gasteiger partial charge in [0.25, 0.3) is 5.91 Å². The SMILES string of the molecule is O=C(N/N=C/c1ccncc1)C1CC(c2cccs2)NN1. The predicted octanol–water partition coefficient (Wildman–Crippen LogP) is 1.20. The molecule has 0 bridgehead atoms. The number of hydrazone groups is 1. The molecule has 1 fully saturated rings. The molecule has 3 rings (SSSR count). The van der Waals surface area contributed by atoms with Crippen LogP contribution in [-0.4, -0.2) is 23.1 Å². The minimum atomic E-state index is -0.285. The summed E-state index contributed by atoms with van der Waals surface area (Å²) in [5.41, 5.74) is 9.58. The number of aromatic nitrogens is 1. The number of amides is 1. The van der Waals surface area contributed by atoms with Gasteiger partial charge in [0.1, 0.15) is 6.04 Å². The van der Waals surface area contributed by atoms with E-state index in [0.717, 1.165) is 5.56 Å². The molecule has 0 spiro atoms. The smallest absolute Gasteiger partial charge is 0.258 e. The van der Waals surface area contributed by atoms with Crippen molar-refractivity contribution in [3.05, 3.63) is 52.5 Å². The number of pyridine rings is 1. The number of carbonyl (C=O) groups is 1. The standard InChI is InChI=1S/C14H15N5OS/c20-14(19-16-9-10-3-5-15-6-4-10)12-8-11(17-18-12)13-2-1-7-21-13/h1-7,9,11-12,17-18H,8H2,(H,19,20)/b16-9+. The van der Waals surface area contributed by atoms with Crippen molar-refractivity contribution < 1.29 is 4.79 Å². The molecule has 0 radical (unpaired) electrons. The van der Waals surface area contributed by atoms with Crippen molar-refractivity contribution in [2.75, 3.05) is 0 Å². The van der Waals surface area contributed by atoms with E-state index in [9.17, 15) is 4.79 Å². The maximum absolute atomic E-state index is 12.0. The third kappa shape index (κ3) is 3.52. The van der Waals surface area contributed by atoms with E-state index >= 15 is 0 Å². The topological polar surface area (TPSA) is 78.4 Å². The molecule has 1 amide bonds. The normalized spacial score (nSPS) is 21.7. The van der Waals surface area contributed by atoms with Crippen LogP contribution in [0.25, 0.3) is 0 Å². The molecule has 21 heavy (non-hydrogen) atoms. The summed E-state index contributed by atoms with van der Waals surface area (Å²) in [5.74, 6) is -0.146. The second-order valence-electron chi connectivity index (χ2n) is 4.66. The highest BCUT2D eigenvalue weighted by Gasteiger charge is 2.30. The third-order valence-electron chi connectivity index (χ3n) is 3.20. The summed E-state index contributed by atoms with van der Waals surface area (Å²) >= 11 is 1.68. The summed E-state index contributed by atoms with van der Waals surface area (Å²) in [6.07, 6.45) is 5.66. The van der Waals surface area contributed by atoms with Crippen molar-refractivity contribution in [1.29, 1.82) is 0 Å². The number of hydrogen-bond acceptors (Lipinski definition) is 6. The van der Waals surface area contributed by atoms with Gasteiger partial charge >= 0.3 is 0 Å². The molecule has 7 heteroatoms. The van der Waals surface area contributed by atoms with Gasteiger partial charge in [-0.15, -0.1) is 11.3 Å². The summed E-state index contributed by atoms with van der Waals surface area (Å²) in [6, 6.07) is 7.59. The van der Waals surface area contributed by atoms with Gasteiger partial charge < -0.3 is 0 Å². The van der Waals surface area contributed by atoms with E-state index in [1.165, 1.54) is 4.88 Å². The first-order valence-corrected chi connectivity index (χ1v) is 7.48. The average Bonchev–Trinajstić information content (AvgIpc) is 3.19. The Morgan fingerprint density at radius 2 is 2.24 bits per heavy atom. The molecule has 108 valence electrons. The first-order valence-electron chi connectivity index (χ1n) is 6.60. The maximum Gasteiger partial charge on any atom is 0.258 e. The van der Waals surface area contributed by atoms with E-state index < -0.39 is 0 Å². The molecule has 6 nitrogen and oxygen atoms in total. The Bertz CT molecular complexity index is 614. The first-order chi connectivity index (χ1) is 10.3. The Balaban J connectivity index is 1.51. The number of nitrogens with zero attached hydrogens (tertiary/aromatic N) is 2. The van der Waals surface area contributed by atoms with E-state index in [4.69, 9.17) is 0 Å². The van der Waals surface area contributed by atoms with Crippen molar-refractivity contribution >= 4 is 23.5 Å². The fraction of sp³-hybridized carbons (Fsp3) is 0.214. The zero-order valence-electron chi connectivity index (χ0n) is 11.2. The Hall–Kier alpha value is -2.09. The molecule has 1 saturated heterocycles. The Kier molecular flexibility index (Phi) is 4.34. The summed E-state index contributed by atoms with van der Waals surface area (Å²) < 4.78 is 0. The fourth-order valence-corrected chi connectivity index (χ4v) is 2.89. The van der Waals surface area contributed by atoms with Gasteiger partial charge in [-0.3, -0.25) is 9.78 Å². The molecule has 3 heterocycles. The Morgan fingerprint density at radius 1 is 1.38 bits per heavy atom. The number of hydrogen-bond donors (Lipinski definition) is 3. The van der Waals surface area contributed by atoms with Crippen LogP contribution in [0.4, 0.5) is 0 Å². The van der Waals surface area contributed by atoms with Crippen LogP contribution >= 0.6 is 11.3 Å². The highest BCUT2D eigenvalue weighted by Crippen LogP contribution is 2.25. The quantitative estimate of drug-likeness (QED) is 0.586. The van der Waals surface area contributed by atoms with E-state index in [1.807, 2.05) is 23.6 Å². The van der Waals surface area contributed by atoms with Crippen molar-refractivity contribution in [1.82, 2.24) is 21.3 Å². The summed E-state index contributed by atoms with van der Waals surface area (Å²) in [7, 11) is 0. The van der Waals surface area contributed by atoms with Crippen LogP contribution < -0.4 is 16.3 Å². The zero-order valence-corrected chi connectivity index (χ0v) is 12.0. The molecule has 1 aliphatic rings. The van der Waals surface area contributed by atoms with Crippen LogP contribution in [0, 0.1) is 0 Å². The van der Waals surface area contributed by atoms with Crippen molar-refractivity contribution in [2.45, 2.75) is 18.5 Å². The summed E-state index contributed by atoms with van der Waals surface area (Å²) in [6.45, 7) is 0. The molecule has 0 aliphatic carbocycles. The third-order valence-corrected chi connectivity index (χ3v) is 4.19. The maximum atomic E-state index is 12.0. The molecule has 1 aliphatic heterocycles. The lowest BCUT2D eigenvalue weighted by atomic mass is 10.1. The Labute approximate surface area is 126 Å². The summed E-state index contributed by atoms with van der Waals surface area (Å²) in [4.78, 5) is 17.2. The van der Waals surface area contributed by atoms with Crippen LogP contribution in [0.1, 0.15) is 22.9 Å². The van der Waals surface area contributed by atoms with Crippen molar-refractivity contribution in [3.63, 3.8) is 0 Å². The van der Waals surface area contributed by atoms with Crippen LogP contribution in [0.15, 0.2) is 47.1 Å². The van der Waals surface area contributed by atoms with Gasteiger partial charge in [0, 0.05) is 17.3 Å². The first kappa shape index (κ1) is 13.9.